The third-order valence-corrected chi connectivity index (χ3v) is 6.96. The van der Waals surface area contributed by atoms with Crippen molar-refractivity contribution in [3.63, 3.8) is 0 Å². The largest absolute Gasteiger partial charge is 0.389 e. The molecule has 1 heterocycles. The Kier molecular flexibility index (Phi) is 6.96. The predicted octanol–water partition coefficient (Wildman–Crippen LogP) is 4.29. The molecular formula is C11H23O3PS2. The number of thioether (sulfide) groups is 1. The third kappa shape index (κ3) is 7.78. The maximum absolute atomic E-state index is 12.5. The van der Waals surface area contributed by atoms with Crippen molar-refractivity contribution in [1.29, 1.82) is 0 Å². The van der Waals surface area contributed by atoms with E-state index < -0.39 is 6.80 Å². The quantitative estimate of drug-likeness (QED) is 0.469. The lowest BCUT2D eigenvalue weighted by Crippen LogP contribution is -2.05. The van der Waals surface area contributed by atoms with Crippen LogP contribution in [0.4, 0.5) is 0 Å². The van der Waals surface area contributed by atoms with Gasteiger partial charge in [-0.1, -0.05) is 27.7 Å². The second-order valence-corrected chi connectivity index (χ2v) is 10.5. The summed E-state index contributed by atoms with van der Waals surface area (Å²) in [6, 6.07) is 0. The lowest BCUT2D eigenvalue weighted by molar-refractivity contribution is 0.186. The molecule has 0 N–H and O–H groups in total. The summed E-state index contributed by atoms with van der Waals surface area (Å²) in [6.07, 6.45) is 0. The van der Waals surface area contributed by atoms with Crippen molar-refractivity contribution in [2.45, 2.75) is 32.9 Å². The van der Waals surface area contributed by atoms with Crippen LogP contribution in [-0.2, 0) is 13.6 Å². The molecule has 0 aromatic rings. The first kappa shape index (κ1) is 15.9. The van der Waals surface area contributed by atoms with Gasteiger partial charge in [0.1, 0.15) is 0 Å². The molecule has 0 radical (unpaired) electrons. The Hall–Kier alpha value is 0.850. The van der Waals surface area contributed by atoms with Gasteiger partial charge in [-0.2, -0.15) is 11.8 Å². The van der Waals surface area contributed by atoms with Crippen molar-refractivity contribution in [1.82, 2.24) is 0 Å². The maximum Gasteiger partial charge on any atom is 0.389 e. The first-order valence-electron chi connectivity index (χ1n) is 6.06. The highest BCUT2D eigenvalue weighted by Gasteiger charge is 2.31. The molecule has 0 amide bonds. The molecule has 0 aliphatic carbocycles. The normalized spacial score (nSPS) is 20.2. The number of hydrogen-bond acceptors (Lipinski definition) is 5. The minimum absolute atomic E-state index is 0.377. The highest BCUT2D eigenvalue weighted by Crippen LogP contribution is 2.62. The molecule has 102 valence electrons. The van der Waals surface area contributed by atoms with E-state index in [1.54, 1.807) is 0 Å². The second kappa shape index (κ2) is 7.44. The summed E-state index contributed by atoms with van der Waals surface area (Å²) in [4.78, 5) is 0. The Morgan fingerprint density at radius 3 is 2.06 bits per heavy atom. The van der Waals surface area contributed by atoms with Gasteiger partial charge in [-0.05, 0) is 23.2 Å². The van der Waals surface area contributed by atoms with Gasteiger partial charge in [-0.3, -0.25) is 0 Å². The van der Waals surface area contributed by atoms with Crippen LogP contribution in [0.15, 0.2) is 0 Å². The van der Waals surface area contributed by atoms with Crippen LogP contribution in [0.3, 0.4) is 0 Å². The lowest BCUT2D eigenvalue weighted by Gasteiger charge is -2.19. The van der Waals surface area contributed by atoms with E-state index >= 15 is 0 Å². The molecule has 0 aromatic carbocycles. The van der Waals surface area contributed by atoms with E-state index in [1.165, 1.54) is 17.1 Å². The summed E-state index contributed by atoms with van der Waals surface area (Å²) in [7, 11) is 0. The van der Waals surface area contributed by atoms with Gasteiger partial charge in [0.15, 0.2) is 0 Å². The molecule has 0 aromatic heterocycles. The summed E-state index contributed by atoms with van der Waals surface area (Å²) >= 11 is 3.27. The molecule has 0 saturated carbocycles. The van der Waals surface area contributed by atoms with E-state index in [9.17, 15) is 4.57 Å². The van der Waals surface area contributed by atoms with Crippen LogP contribution in [0.25, 0.3) is 0 Å². The molecule has 1 atom stereocenters. The molecule has 0 spiro atoms. The molecule has 0 bridgehead atoms. The van der Waals surface area contributed by atoms with Crippen molar-refractivity contribution in [2.24, 2.45) is 11.8 Å². The van der Waals surface area contributed by atoms with Crippen LogP contribution in [0.2, 0.25) is 0 Å². The number of rotatable bonds is 9. The highest BCUT2D eigenvalue weighted by molar-refractivity contribution is 8.55. The molecule has 1 saturated heterocycles. The molecule has 1 rings (SSSR count). The standard InChI is InChI=1S/C11H23O3PS2/c1-9(2)5-13-15(12,14-6-10(3)4)17-8-11-7-16-11/h9-11H,5-8H2,1-4H3. The Bertz CT molecular complexity index is 238. The third-order valence-electron chi connectivity index (χ3n) is 1.95. The molecule has 6 heteroatoms. The van der Waals surface area contributed by atoms with E-state index in [-0.39, 0.29) is 0 Å². The summed E-state index contributed by atoms with van der Waals surface area (Å²) in [5.74, 6) is 2.81. The van der Waals surface area contributed by atoms with Crippen LogP contribution < -0.4 is 0 Å². The highest BCUT2D eigenvalue weighted by atomic mass is 32.7. The van der Waals surface area contributed by atoms with Crippen molar-refractivity contribution in [2.75, 3.05) is 24.7 Å². The van der Waals surface area contributed by atoms with Gasteiger partial charge in [0.2, 0.25) is 0 Å². The Balaban J connectivity index is 2.38. The zero-order valence-electron chi connectivity index (χ0n) is 11.0. The zero-order valence-corrected chi connectivity index (χ0v) is 13.6. The Morgan fingerprint density at radius 2 is 1.71 bits per heavy atom. The molecular weight excluding hydrogens is 275 g/mol. The second-order valence-electron chi connectivity index (χ2n) is 5.08. The zero-order chi connectivity index (χ0) is 12.9. The molecule has 1 aliphatic heterocycles. The molecule has 1 fully saturated rings. The van der Waals surface area contributed by atoms with E-state index in [1.807, 2.05) is 39.5 Å². The van der Waals surface area contributed by atoms with Crippen LogP contribution in [-0.4, -0.2) is 30.0 Å². The fourth-order valence-corrected chi connectivity index (χ4v) is 5.78. The van der Waals surface area contributed by atoms with Gasteiger partial charge >= 0.3 is 6.80 Å². The van der Waals surface area contributed by atoms with Gasteiger partial charge in [0.05, 0.1) is 13.2 Å². The van der Waals surface area contributed by atoms with Crippen molar-refractivity contribution >= 4 is 29.9 Å². The Labute approximate surface area is 113 Å². The maximum atomic E-state index is 12.5. The van der Waals surface area contributed by atoms with Gasteiger partial charge in [-0.25, -0.2) is 4.57 Å². The topological polar surface area (TPSA) is 35.5 Å². The average molecular weight is 298 g/mol. The lowest BCUT2D eigenvalue weighted by atomic mass is 10.2. The fourth-order valence-electron chi connectivity index (χ4n) is 0.931. The molecule has 1 aliphatic rings. The SMILES string of the molecule is CC(C)COP(=O)(OCC(C)C)SCC1CS1. The van der Waals surface area contributed by atoms with Gasteiger partial charge in [0.25, 0.3) is 0 Å². The van der Waals surface area contributed by atoms with Crippen LogP contribution in [0, 0.1) is 11.8 Å². The van der Waals surface area contributed by atoms with Crippen LogP contribution >= 0.6 is 29.9 Å². The van der Waals surface area contributed by atoms with E-state index in [0.717, 1.165) is 5.75 Å². The molecule has 17 heavy (non-hydrogen) atoms. The van der Waals surface area contributed by atoms with Gasteiger partial charge < -0.3 is 9.05 Å². The summed E-state index contributed by atoms with van der Waals surface area (Å²) in [5, 5.41) is 0.652. The van der Waals surface area contributed by atoms with E-state index in [4.69, 9.17) is 9.05 Å². The fraction of sp³-hybridized carbons (Fsp3) is 1.00. The minimum Gasteiger partial charge on any atom is -0.300 e. The van der Waals surface area contributed by atoms with Crippen molar-refractivity contribution in [3.05, 3.63) is 0 Å². The monoisotopic (exact) mass is 298 g/mol. The van der Waals surface area contributed by atoms with E-state index in [2.05, 4.69) is 0 Å². The molecule has 1 unspecified atom stereocenters. The summed E-state index contributed by atoms with van der Waals surface area (Å²) in [5.41, 5.74) is 0. The van der Waals surface area contributed by atoms with Crippen molar-refractivity contribution < 1.29 is 13.6 Å². The molecule has 3 nitrogen and oxygen atoms in total. The first-order chi connectivity index (χ1) is 7.91. The summed E-state index contributed by atoms with van der Waals surface area (Å²) in [6.45, 7) is 6.26. The summed E-state index contributed by atoms with van der Waals surface area (Å²) < 4.78 is 23.5. The van der Waals surface area contributed by atoms with Crippen LogP contribution in [0.1, 0.15) is 27.7 Å². The van der Waals surface area contributed by atoms with Crippen LogP contribution in [0.5, 0.6) is 0 Å². The first-order valence-corrected chi connectivity index (χ1v) is 10.2. The minimum atomic E-state index is -2.94. The Morgan fingerprint density at radius 1 is 1.24 bits per heavy atom. The average Bonchev–Trinajstić information content (AvgIpc) is 3.05. The predicted molar refractivity (Wildman–Crippen MR) is 77.9 cm³/mol. The van der Waals surface area contributed by atoms with Gasteiger partial charge in [-0.15, -0.1) is 0 Å². The van der Waals surface area contributed by atoms with E-state index in [0.29, 0.717) is 30.3 Å². The number of hydrogen-bond donors (Lipinski definition) is 0. The smallest absolute Gasteiger partial charge is 0.300 e. The van der Waals surface area contributed by atoms with Crippen molar-refractivity contribution in [3.8, 4) is 0 Å². The van der Waals surface area contributed by atoms with Gasteiger partial charge in [0, 0.05) is 16.8 Å².